The van der Waals surface area contributed by atoms with E-state index in [4.69, 9.17) is 11.6 Å². The molecule has 0 aliphatic heterocycles. The number of hydrogen-bond acceptors (Lipinski definition) is 4. The first-order chi connectivity index (χ1) is 9.58. The van der Waals surface area contributed by atoms with E-state index in [1.54, 1.807) is 12.1 Å². The lowest BCUT2D eigenvalue weighted by Gasteiger charge is -2.07. The van der Waals surface area contributed by atoms with E-state index in [1.165, 1.54) is 11.8 Å². The van der Waals surface area contributed by atoms with Crippen LogP contribution in [0, 0.1) is 6.92 Å². The number of carbonyl (C=O) groups excluding carboxylic acids is 1. The molecule has 0 spiro atoms. The number of benzene rings is 1. The maximum Gasteiger partial charge on any atom is 0.234 e. The van der Waals surface area contributed by atoms with Crippen molar-refractivity contribution in [3.05, 3.63) is 34.6 Å². The molecular formula is C13H15ClN4OS. The van der Waals surface area contributed by atoms with Crippen molar-refractivity contribution >= 4 is 35.0 Å². The van der Waals surface area contributed by atoms with Crippen molar-refractivity contribution in [1.82, 2.24) is 15.2 Å². The fourth-order valence-corrected chi connectivity index (χ4v) is 2.34. The van der Waals surface area contributed by atoms with Crippen molar-refractivity contribution in [1.29, 1.82) is 0 Å². The van der Waals surface area contributed by atoms with Gasteiger partial charge in [-0.1, -0.05) is 36.4 Å². The normalized spacial score (nSPS) is 10.6. The molecule has 0 aliphatic carbocycles. The van der Waals surface area contributed by atoms with E-state index in [2.05, 4.69) is 20.5 Å². The van der Waals surface area contributed by atoms with Crippen LogP contribution in [0.25, 0.3) is 0 Å². The van der Waals surface area contributed by atoms with Gasteiger partial charge in [-0.15, -0.1) is 5.10 Å². The molecule has 1 aromatic heterocycles. The van der Waals surface area contributed by atoms with Gasteiger partial charge in [-0.3, -0.25) is 9.89 Å². The van der Waals surface area contributed by atoms with E-state index in [9.17, 15) is 4.79 Å². The molecule has 0 unspecified atom stereocenters. The highest BCUT2D eigenvalue weighted by Gasteiger charge is 2.09. The molecule has 1 heterocycles. The van der Waals surface area contributed by atoms with Crippen LogP contribution in [0.2, 0.25) is 5.02 Å². The number of hydrogen-bond donors (Lipinski definition) is 2. The van der Waals surface area contributed by atoms with Gasteiger partial charge in [-0.25, -0.2) is 4.98 Å². The van der Waals surface area contributed by atoms with Crippen molar-refractivity contribution in [3.63, 3.8) is 0 Å². The minimum Gasteiger partial charge on any atom is -0.325 e. The molecule has 20 heavy (non-hydrogen) atoms. The maximum atomic E-state index is 11.9. The van der Waals surface area contributed by atoms with Crippen molar-refractivity contribution in [2.75, 3.05) is 11.1 Å². The fourth-order valence-electron chi connectivity index (χ4n) is 1.55. The second kappa shape index (κ2) is 6.76. The maximum absolute atomic E-state index is 11.9. The molecule has 0 fully saturated rings. The zero-order chi connectivity index (χ0) is 14.5. The first kappa shape index (κ1) is 14.9. The van der Waals surface area contributed by atoms with Gasteiger partial charge in [0, 0.05) is 17.1 Å². The Kier molecular flexibility index (Phi) is 5.03. The third-order valence-electron chi connectivity index (χ3n) is 2.65. The van der Waals surface area contributed by atoms with Crippen molar-refractivity contribution in [3.8, 4) is 0 Å². The van der Waals surface area contributed by atoms with Gasteiger partial charge in [0.05, 0.1) is 5.75 Å². The Morgan fingerprint density at radius 1 is 1.50 bits per heavy atom. The number of aromatic amines is 1. The third kappa shape index (κ3) is 3.98. The van der Waals surface area contributed by atoms with Gasteiger partial charge in [0.15, 0.2) is 0 Å². The lowest BCUT2D eigenvalue weighted by atomic mass is 10.2. The number of aryl methyl sites for hydroxylation is 2. The van der Waals surface area contributed by atoms with Gasteiger partial charge < -0.3 is 5.32 Å². The van der Waals surface area contributed by atoms with Crippen LogP contribution in [0.1, 0.15) is 18.3 Å². The van der Waals surface area contributed by atoms with Gasteiger partial charge >= 0.3 is 0 Å². The second-order valence-corrected chi connectivity index (χ2v) is 5.59. The summed E-state index contributed by atoms with van der Waals surface area (Å²) in [6.07, 6.45) is 0.793. The quantitative estimate of drug-likeness (QED) is 0.833. The second-order valence-electron chi connectivity index (χ2n) is 4.21. The average molecular weight is 311 g/mol. The highest BCUT2D eigenvalue weighted by molar-refractivity contribution is 7.99. The summed E-state index contributed by atoms with van der Waals surface area (Å²) in [7, 11) is 0. The first-order valence-corrected chi connectivity index (χ1v) is 7.55. The van der Waals surface area contributed by atoms with Crippen LogP contribution in [0.15, 0.2) is 23.4 Å². The highest BCUT2D eigenvalue weighted by atomic mass is 35.5. The zero-order valence-corrected chi connectivity index (χ0v) is 12.8. The first-order valence-electron chi connectivity index (χ1n) is 6.18. The molecule has 0 atom stereocenters. The van der Waals surface area contributed by atoms with Crippen LogP contribution in [0.5, 0.6) is 0 Å². The molecule has 2 aromatic rings. The number of halogens is 1. The number of nitrogens with one attached hydrogen (secondary N) is 2. The number of thioether (sulfide) groups is 1. The smallest absolute Gasteiger partial charge is 0.234 e. The Balaban J connectivity index is 1.90. The fraction of sp³-hybridized carbons (Fsp3) is 0.308. The lowest BCUT2D eigenvalue weighted by molar-refractivity contribution is -0.113. The number of rotatable bonds is 5. The van der Waals surface area contributed by atoms with Crippen molar-refractivity contribution < 1.29 is 4.79 Å². The van der Waals surface area contributed by atoms with E-state index in [0.29, 0.717) is 10.2 Å². The minimum absolute atomic E-state index is 0.108. The summed E-state index contributed by atoms with van der Waals surface area (Å²) in [6.45, 7) is 3.91. The summed E-state index contributed by atoms with van der Waals surface area (Å²) in [4.78, 5) is 16.1. The number of amides is 1. The van der Waals surface area contributed by atoms with Gasteiger partial charge in [0.2, 0.25) is 11.1 Å². The van der Waals surface area contributed by atoms with Crippen molar-refractivity contribution in [2.24, 2.45) is 0 Å². The molecule has 0 saturated heterocycles. The summed E-state index contributed by atoms with van der Waals surface area (Å²) >= 11 is 7.21. The molecule has 7 heteroatoms. The van der Waals surface area contributed by atoms with E-state index >= 15 is 0 Å². The van der Waals surface area contributed by atoms with Crippen LogP contribution in [0.3, 0.4) is 0 Å². The molecule has 2 N–H and O–H groups in total. The number of carbonyl (C=O) groups is 1. The molecule has 5 nitrogen and oxygen atoms in total. The Morgan fingerprint density at radius 2 is 2.30 bits per heavy atom. The molecular weight excluding hydrogens is 296 g/mol. The monoisotopic (exact) mass is 310 g/mol. The van der Waals surface area contributed by atoms with Crippen molar-refractivity contribution in [2.45, 2.75) is 25.4 Å². The molecule has 1 aromatic carbocycles. The summed E-state index contributed by atoms with van der Waals surface area (Å²) < 4.78 is 0. The largest absolute Gasteiger partial charge is 0.325 e. The predicted molar refractivity (Wildman–Crippen MR) is 81.3 cm³/mol. The summed E-state index contributed by atoms with van der Waals surface area (Å²) in [6, 6.07) is 5.40. The zero-order valence-electron chi connectivity index (χ0n) is 11.2. The van der Waals surface area contributed by atoms with Gasteiger partial charge in [-0.2, -0.15) is 0 Å². The van der Waals surface area contributed by atoms with E-state index < -0.39 is 0 Å². The molecule has 106 valence electrons. The molecule has 2 rings (SSSR count). The Hall–Kier alpha value is -1.53. The van der Waals surface area contributed by atoms with E-state index in [0.717, 1.165) is 23.5 Å². The Labute approximate surface area is 126 Å². The lowest BCUT2D eigenvalue weighted by Crippen LogP contribution is -2.14. The molecule has 0 bridgehead atoms. The molecule has 0 aliphatic rings. The topological polar surface area (TPSA) is 70.7 Å². The minimum atomic E-state index is -0.108. The van der Waals surface area contributed by atoms with Crippen LogP contribution in [-0.4, -0.2) is 26.8 Å². The van der Waals surface area contributed by atoms with E-state index in [1.807, 2.05) is 19.9 Å². The molecule has 1 amide bonds. The summed E-state index contributed by atoms with van der Waals surface area (Å²) in [5, 5.41) is 10.9. The van der Waals surface area contributed by atoms with Gasteiger partial charge in [0.25, 0.3) is 0 Å². The standard InChI is InChI=1S/C13H15ClN4OS/c1-3-11-16-13(18-17-11)20-7-12(19)15-10-6-9(14)5-4-8(10)2/h4-6H,3,7H2,1-2H3,(H,15,19)(H,16,17,18). The van der Waals surface area contributed by atoms with E-state index in [-0.39, 0.29) is 11.7 Å². The van der Waals surface area contributed by atoms with Gasteiger partial charge in [-0.05, 0) is 24.6 Å². The number of anilines is 1. The SMILES string of the molecule is CCc1nc(SCC(=O)Nc2cc(Cl)ccc2C)n[nH]1. The highest BCUT2D eigenvalue weighted by Crippen LogP contribution is 2.21. The number of aromatic nitrogens is 3. The molecule has 0 radical (unpaired) electrons. The number of nitrogens with zero attached hydrogens (tertiary/aromatic N) is 2. The number of H-pyrrole nitrogens is 1. The van der Waals surface area contributed by atoms with Crippen LogP contribution >= 0.6 is 23.4 Å². The van der Waals surface area contributed by atoms with Crippen LogP contribution in [0.4, 0.5) is 5.69 Å². The predicted octanol–water partition coefficient (Wildman–Crippen LogP) is 3.06. The van der Waals surface area contributed by atoms with Crippen LogP contribution in [-0.2, 0) is 11.2 Å². The summed E-state index contributed by atoms with van der Waals surface area (Å²) in [5.41, 5.74) is 1.70. The third-order valence-corrected chi connectivity index (χ3v) is 3.73. The van der Waals surface area contributed by atoms with Gasteiger partial charge in [0.1, 0.15) is 5.82 Å². The van der Waals surface area contributed by atoms with Crippen LogP contribution < -0.4 is 5.32 Å². The summed E-state index contributed by atoms with van der Waals surface area (Å²) in [5.74, 6) is 0.967. The average Bonchev–Trinajstić information content (AvgIpc) is 2.89. The molecule has 0 saturated carbocycles. The Morgan fingerprint density at radius 3 is 3.00 bits per heavy atom. The Bertz CT molecular complexity index is 614.